The highest BCUT2D eigenvalue weighted by atomic mass is 16.3. The highest BCUT2D eigenvalue weighted by molar-refractivity contribution is 5.68. The van der Waals surface area contributed by atoms with Crippen molar-refractivity contribution in [3.05, 3.63) is 47.6 Å². The fourth-order valence-electron chi connectivity index (χ4n) is 2.01. The molecular weight excluding hydrogens is 248 g/mol. The molecule has 102 valence electrons. The maximum absolute atomic E-state index is 9.86. The zero-order chi connectivity index (χ0) is 15.1. The Morgan fingerprint density at radius 2 is 1.95 bits per heavy atom. The number of nitrogens with zero attached hydrogens (tertiary/aromatic N) is 2. The quantitative estimate of drug-likeness (QED) is 0.819. The molecule has 1 rings (SSSR count). The Hall–Kier alpha value is -2.52. The molecule has 0 aromatic heterocycles. The van der Waals surface area contributed by atoms with E-state index < -0.39 is 0 Å². The smallest absolute Gasteiger partial charge is 0.124 e. The third-order valence-electron chi connectivity index (χ3n) is 3.19. The van der Waals surface area contributed by atoms with Crippen LogP contribution in [0.25, 0.3) is 6.08 Å². The highest BCUT2D eigenvalue weighted by Crippen LogP contribution is 2.26. The molecule has 1 aromatic rings. The number of allylic oxidation sites excluding steroid dienone is 2. The van der Waals surface area contributed by atoms with Gasteiger partial charge in [-0.2, -0.15) is 10.5 Å². The minimum Gasteiger partial charge on any atom is -0.507 e. The van der Waals surface area contributed by atoms with Crippen molar-refractivity contribution in [2.24, 2.45) is 11.8 Å². The third kappa shape index (κ3) is 3.73. The van der Waals surface area contributed by atoms with Crippen LogP contribution in [-0.2, 0) is 0 Å². The Kier molecular flexibility index (Phi) is 5.56. The predicted molar refractivity (Wildman–Crippen MR) is 79.7 cm³/mol. The van der Waals surface area contributed by atoms with Crippen LogP contribution >= 0.6 is 0 Å². The highest BCUT2D eigenvalue weighted by Gasteiger charge is 2.11. The van der Waals surface area contributed by atoms with Crippen LogP contribution in [0.15, 0.2) is 30.9 Å². The van der Waals surface area contributed by atoms with Gasteiger partial charge in [0.05, 0.1) is 11.1 Å². The van der Waals surface area contributed by atoms with Gasteiger partial charge in [-0.25, -0.2) is 0 Å². The number of nitriles is 2. The Labute approximate surface area is 120 Å². The lowest BCUT2D eigenvalue weighted by atomic mass is 9.95. The van der Waals surface area contributed by atoms with Crippen molar-refractivity contribution in [2.45, 2.75) is 20.3 Å². The van der Waals surface area contributed by atoms with Gasteiger partial charge in [0.2, 0.25) is 0 Å². The minimum atomic E-state index is 0.0146. The second kappa shape index (κ2) is 7.16. The van der Waals surface area contributed by atoms with E-state index in [-0.39, 0.29) is 16.9 Å². The van der Waals surface area contributed by atoms with E-state index in [4.69, 9.17) is 10.5 Å². The lowest BCUT2D eigenvalue weighted by Gasteiger charge is -2.10. The van der Waals surface area contributed by atoms with Crippen LogP contribution in [0.1, 0.15) is 37.0 Å². The van der Waals surface area contributed by atoms with Gasteiger partial charge in [-0.15, -0.1) is 6.58 Å². The predicted octanol–water partition coefficient (Wildman–Crippen LogP) is 4.00. The molecule has 0 aliphatic heterocycles. The summed E-state index contributed by atoms with van der Waals surface area (Å²) in [6.45, 7) is 7.91. The van der Waals surface area contributed by atoms with Gasteiger partial charge in [-0.05, 0) is 30.4 Å². The van der Waals surface area contributed by atoms with E-state index in [1.165, 1.54) is 12.1 Å². The SMILES string of the molecule is C=CC(C)CC(C)C=Cc1c(O)ccc(C#N)c1C#N. The van der Waals surface area contributed by atoms with Gasteiger partial charge in [0.25, 0.3) is 0 Å². The molecule has 0 amide bonds. The normalized spacial score (nSPS) is 13.4. The van der Waals surface area contributed by atoms with E-state index in [1.54, 1.807) is 6.08 Å². The third-order valence-corrected chi connectivity index (χ3v) is 3.19. The summed E-state index contributed by atoms with van der Waals surface area (Å²) in [6, 6.07) is 6.84. The first-order valence-corrected chi connectivity index (χ1v) is 6.50. The first-order valence-electron chi connectivity index (χ1n) is 6.50. The molecule has 0 aliphatic carbocycles. The number of benzene rings is 1. The van der Waals surface area contributed by atoms with Crippen molar-refractivity contribution in [1.29, 1.82) is 10.5 Å². The fourth-order valence-corrected chi connectivity index (χ4v) is 2.01. The van der Waals surface area contributed by atoms with Crippen LogP contribution in [0, 0.1) is 34.5 Å². The van der Waals surface area contributed by atoms with Crippen molar-refractivity contribution >= 4 is 6.08 Å². The van der Waals surface area contributed by atoms with Crippen LogP contribution in [0.3, 0.4) is 0 Å². The lowest BCUT2D eigenvalue weighted by molar-refractivity contribution is 0.473. The van der Waals surface area contributed by atoms with Gasteiger partial charge in [0.1, 0.15) is 17.9 Å². The first-order chi connectivity index (χ1) is 9.53. The Balaban J connectivity index is 3.06. The molecule has 1 aromatic carbocycles. The lowest BCUT2D eigenvalue weighted by Crippen LogP contribution is -1.97. The molecule has 3 nitrogen and oxygen atoms in total. The molecule has 2 unspecified atom stereocenters. The van der Waals surface area contributed by atoms with Gasteiger partial charge >= 0.3 is 0 Å². The first kappa shape index (κ1) is 15.5. The van der Waals surface area contributed by atoms with Crippen molar-refractivity contribution in [1.82, 2.24) is 0 Å². The monoisotopic (exact) mass is 266 g/mol. The van der Waals surface area contributed by atoms with Gasteiger partial charge in [-0.1, -0.05) is 32.1 Å². The second-order valence-electron chi connectivity index (χ2n) is 4.93. The number of phenolic OH excluding ortho intramolecular Hbond substituents is 1. The summed E-state index contributed by atoms with van der Waals surface area (Å²) in [5.41, 5.74) is 0.898. The van der Waals surface area contributed by atoms with Gasteiger partial charge < -0.3 is 5.11 Å². The molecule has 2 atom stereocenters. The van der Waals surface area contributed by atoms with Crippen LogP contribution < -0.4 is 0 Å². The van der Waals surface area contributed by atoms with Gasteiger partial charge in [-0.3, -0.25) is 0 Å². The molecule has 0 heterocycles. The molecule has 0 saturated heterocycles. The maximum Gasteiger partial charge on any atom is 0.124 e. The molecule has 0 spiro atoms. The standard InChI is InChI=1S/C17H18N2O/c1-4-12(2)9-13(3)5-7-15-16(11-19)14(10-18)6-8-17(15)20/h4-8,12-13,20H,1,9H2,2-3H3. The molecule has 0 bridgehead atoms. The summed E-state index contributed by atoms with van der Waals surface area (Å²) < 4.78 is 0. The topological polar surface area (TPSA) is 67.8 Å². The number of hydrogen-bond acceptors (Lipinski definition) is 3. The molecule has 3 heteroatoms. The zero-order valence-corrected chi connectivity index (χ0v) is 11.8. The van der Waals surface area contributed by atoms with Crippen LogP contribution in [0.5, 0.6) is 5.75 Å². The van der Waals surface area contributed by atoms with E-state index >= 15 is 0 Å². The largest absolute Gasteiger partial charge is 0.507 e. The average molecular weight is 266 g/mol. The number of phenols is 1. The zero-order valence-electron chi connectivity index (χ0n) is 11.8. The summed E-state index contributed by atoms with van der Waals surface area (Å²) in [5.74, 6) is 0.713. The number of aromatic hydroxyl groups is 1. The molecule has 1 N–H and O–H groups in total. The molecule has 0 fully saturated rings. The van der Waals surface area contributed by atoms with Crippen LogP contribution in [-0.4, -0.2) is 5.11 Å². The van der Waals surface area contributed by atoms with E-state index in [9.17, 15) is 5.11 Å². The Morgan fingerprint density at radius 3 is 2.50 bits per heavy atom. The Bertz CT molecular complexity index is 603. The van der Waals surface area contributed by atoms with Gasteiger partial charge in [0.15, 0.2) is 0 Å². The molecular formula is C17H18N2O. The minimum absolute atomic E-state index is 0.0146. The van der Waals surface area contributed by atoms with Crippen molar-refractivity contribution in [3.8, 4) is 17.9 Å². The number of hydrogen-bond donors (Lipinski definition) is 1. The fraction of sp³-hybridized carbons (Fsp3) is 0.294. The van der Waals surface area contributed by atoms with E-state index in [0.717, 1.165) is 6.42 Å². The van der Waals surface area contributed by atoms with Gasteiger partial charge in [0, 0.05) is 5.56 Å². The van der Waals surface area contributed by atoms with Crippen LogP contribution in [0.2, 0.25) is 0 Å². The molecule has 0 saturated carbocycles. The summed E-state index contributed by atoms with van der Waals surface area (Å²) in [5, 5.41) is 28.0. The van der Waals surface area contributed by atoms with E-state index in [1.807, 2.05) is 24.3 Å². The average Bonchev–Trinajstić information content (AvgIpc) is 2.45. The van der Waals surface area contributed by atoms with Crippen molar-refractivity contribution < 1.29 is 5.11 Å². The summed E-state index contributed by atoms with van der Waals surface area (Å²) >= 11 is 0. The van der Waals surface area contributed by atoms with Crippen molar-refractivity contribution in [2.75, 3.05) is 0 Å². The summed E-state index contributed by atoms with van der Waals surface area (Å²) in [4.78, 5) is 0. The summed E-state index contributed by atoms with van der Waals surface area (Å²) in [6.07, 6.45) is 6.51. The summed E-state index contributed by atoms with van der Waals surface area (Å²) in [7, 11) is 0. The molecule has 0 radical (unpaired) electrons. The Morgan fingerprint density at radius 1 is 1.25 bits per heavy atom. The van der Waals surface area contributed by atoms with Crippen molar-refractivity contribution in [3.63, 3.8) is 0 Å². The van der Waals surface area contributed by atoms with E-state index in [0.29, 0.717) is 17.4 Å². The maximum atomic E-state index is 9.86. The van der Waals surface area contributed by atoms with Crippen LogP contribution in [0.4, 0.5) is 0 Å². The number of rotatable bonds is 5. The molecule has 20 heavy (non-hydrogen) atoms. The molecule has 0 aliphatic rings. The second-order valence-corrected chi connectivity index (χ2v) is 4.93. The van der Waals surface area contributed by atoms with E-state index in [2.05, 4.69) is 20.4 Å².